The van der Waals surface area contributed by atoms with Crippen molar-refractivity contribution in [1.29, 1.82) is 0 Å². The van der Waals surface area contributed by atoms with Crippen molar-refractivity contribution >= 4 is 33.5 Å². The number of benzene rings is 1. The van der Waals surface area contributed by atoms with Gasteiger partial charge in [0.1, 0.15) is 17.3 Å². The van der Waals surface area contributed by atoms with Gasteiger partial charge < -0.3 is 15.0 Å². The molecule has 0 saturated carbocycles. The van der Waals surface area contributed by atoms with E-state index in [4.69, 9.17) is 10.5 Å². The fraction of sp³-hybridized carbons (Fsp3) is 0.0556. The Hall–Kier alpha value is -3.26. The van der Waals surface area contributed by atoms with Crippen LogP contribution in [0, 0.1) is 5.82 Å². The molecule has 1 aromatic carbocycles. The summed E-state index contributed by atoms with van der Waals surface area (Å²) in [6.07, 6.45) is 3.86. The Morgan fingerprint density at radius 2 is 2.08 bits per heavy atom. The van der Waals surface area contributed by atoms with Crippen molar-refractivity contribution in [3.63, 3.8) is 0 Å². The van der Waals surface area contributed by atoms with Crippen molar-refractivity contribution in [2.45, 2.75) is 0 Å². The number of nitrogens with zero attached hydrogens (tertiary/aromatic N) is 3. The van der Waals surface area contributed by atoms with E-state index in [1.807, 2.05) is 6.07 Å². The molecule has 0 saturated heterocycles. The number of nitrogen functional groups attached to an aromatic ring is 1. The van der Waals surface area contributed by atoms with Crippen LogP contribution in [0.5, 0.6) is 11.5 Å². The van der Waals surface area contributed by atoms with Gasteiger partial charge in [0.15, 0.2) is 17.9 Å². The summed E-state index contributed by atoms with van der Waals surface area (Å²) in [4.78, 5) is 20.5. The van der Waals surface area contributed by atoms with Gasteiger partial charge in [0, 0.05) is 31.1 Å². The monoisotopic (exact) mass is 368 g/mol. The first-order valence-corrected chi connectivity index (χ1v) is 8.47. The Balaban J connectivity index is 1.78. The minimum Gasteiger partial charge on any atom is -0.453 e. The number of imidazole rings is 1. The molecule has 0 aliphatic carbocycles. The highest BCUT2D eigenvalue weighted by molar-refractivity contribution is 7.22. The smallest absolute Gasteiger partial charge is 0.168 e. The highest BCUT2D eigenvalue weighted by Gasteiger charge is 2.16. The molecular formula is C18H13FN4O2S. The highest BCUT2D eigenvalue weighted by Crippen LogP contribution is 2.39. The lowest BCUT2D eigenvalue weighted by Crippen LogP contribution is -1.95. The lowest BCUT2D eigenvalue weighted by atomic mass is 10.3. The van der Waals surface area contributed by atoms with E-state index in [0.717, 1.165) is 15.9 Å². The van der Waals surface area contributed by atoms with E-state index in [-0.39, 0.29) is 5.75 Å². The zero-order valence-electron chi connectivity index (χ0n) is 13.6. The third-order valence-electron chi connectivity index (χ3n) is 3.92. The molecule has 26 heavy (non-hydrogen) atoms. The average Bonchev–Trinajstić information content (AvgIpc) is 3.20. The number of hydrogen-bond donors (Lipinski definition) is 1. The first kappa shape index (κ1) is 16.2. The second-order valence-corrected chi connectivity index (χ2v) is 6.66. The van der Waals surface area contributed by atoms with Gasteiger partial charge in [0.05, 0.1) is 21.3 Å². The predicted octanol–water partition coefficient (Wildman–Crippen LogP) is 4.02. The number of thiophene rings is 1. The number of ether oxygens (including phenoxy) is 1. The summed E-state index contributed by atoms with van der Waals surface area (Å²) in [5.41, 5.74) is 7.08. The van der Waals surface area contributed by atoms with E-state index in [9.17, 15) is 9.18 Å². The Bertz CT molecular complexity index is 1140. The number of hydrogen-bond acceptors (Lipinski definition) is 6. The Labute approximate surface area is 151 Å². The summed E-state index contributed by atoms with van der Waals surface area (Å²) in [6.45, 7) is 0. The summed E-state index contributed by atoms with van der Waals surface area (Å²) in [5, 5.41) is 0. The molecule has 8 heteroatoms. The molecule has 6 nitrogen and oxygen atoms in total. The molecule has 0 unspecified atom stereocenters. The molecule has 0 fully saturated rings. The molecule has 0 radical (unpaired) electrons. The molecule has 0 aliphatic rings. The normalized spacial score (nSPS) is 11.0. The first-order valence-electron chi connectivity index (χ1n) is 7.65. The third kappa shape index (κ3) is 2.70. The van der Waals surface area contributed by atoms with Crippen molar-refractivity contribution in [1.82, 2.24) is 14.5 Å². The van der Waals surface area contributed by atoms with E-state index in [1.165, 1.54) is 29.7 Å². The average molecular weight is 368 g/mol. The molecule has 3 heterocycles. The highest BCUT2D eigenvalue weighted by atomic mass is 32.1. The van der Waals surface area contributed by atoms with Gasteiger partial charge in [-0.15, -0.1) is 11.3 Å². The van der Waals surface area contributed by atoms with Gasteiger partial charge in [-0.3, -0.25) is 9.78 Å². The molecule has 3 aromatic heterocycles. The van der Waals surface area contributed by atoms with Gasteiger partial charge in [0.2, 0.25) is 0 Å². The van der Waals surface area contributed by atoms with E-state index in [2.05, 4.69) is 9.97 Å². The molecule has 130 valence electrons. The predicted molar refractivity (Wildman–Crippen MR) is 98.1 cm³/mol. The van der Waals surface area contributed by atoms with Gasteiger partial charge in [-0.05, 0) is 18.2 Å². The molecule has 0 aliphatic heterocycles. The molecular weight excluding hydrogens is 355 g/mol. The number of carbonyl (C=O) groups is 1. The topological polar surface area (TPSA) is 83.0 Å². The number of aromatic nitrogens is 3. The van der Waals surface area contributed by atoms with Crippen molar-refractivity contribution in [3.05, 3.63) is 54.2 Å². The van der Waals surface area contributed by atoms with Gasteiger partial charge in [0.25, 0.3) is 0 Å². The van der Waals surface area contributed by atoms with Crippen LogP contribution < -0.4 is 10.5 Å². The van der Waals surface area contributed by atoms with Crippen LogP contribution in [-0.2, 0) is 7.05 Å². The molecule has 4 aromatic rings. The number of carbonyl (C=O) groups excluding carboxylic acids is 1. The minimum atomic E-state index is -0.536. The van der Waals surface area contributed by atoms with Crippen LogP contribution >= 0.6 is 11.3 Å². The zero-order chi connectivity index (χ0) is 18.3. The Morgan fingerprint density at radius 1 is 1.23 bits per heavy atom. The van der Waals surface area contributed by atoms with Crippen molar-refractivity contribution < 1.29 is 13.9 Å². The summed E-state index contributed by atoms with van der Waals surface area (Å²) < 4.78 is 22.2. The van der Waals surface area contributed by atoms with Crippen LogP contribution in [-0.4, -0.2) is 20.8 Å². The second-order valence-electron chi connectivity index (χ2n) is 5.61. The number of anilines is 1. The van der Waals surface area contributed by atoms with Crippen molar-refractivity contribution in [3.8, 4) is 22.2 Å². The maximum atomic E-state index is 14.0. The quantitative estimate of drug-likeness (QED) is 0.434. The molecule has 0 amide bonds. The number of halogens is 1. The number of pyridine rings is 1. The zero-order valence-corrected chi connectivity index (χ0v) is 14.5. The van der Waals surface area contributed by atoms with Gasteiger partial charge in [-0.25, -0.2) is 9.37 Å². The molecule has 4 rings (SSSR count). The van der Waals surface area contributed by atoms with E-state index >= 15 is 0 Å². The molecule has 2 N–H and O–H groups in total. The molecule has 0 bridgehead atoms. The van der Waals surface area contributed by atoms with E-state index < -0.39 is 5.82 Å². The summed E-state index contributed by atoms with van der Waals surface area (Å²) >= 11 is 1.41. The van der Waals surface area contributed by atoms with E-state index in [1.54, 1.807) is 29.9 Å². The summed E-state index contributed by atoms with van der Waals surface area (Å²) in [5.74, 6) is 0.688. The van der Waals surface area contributed by atoms with Crippen LogP contribution in [0.25, 0.3) is 20.9 Å². The standard InChI is InChI=1S/C18H13FN4O2S/c1-23-11(9-24)8-22-18(23)16-7-13-17(26-16)15(4-5-21-13)25-14-3-2-10(20)6-12(14)19/h2-9H,20H2,1H3. The van der Waals surface area contributed by atoms with Gasteiger partial charge in [-0.2, -0.15) is 0 Å². The maximum Gasteiger partial charge on any atom is 0.168 e. The van der Waals surface area contributed by atoms with Crippen LogP contribution in [0.4, 0.5) is 10.1 Å². The summed E-state index contributed by atoms with van der Waals surface area (Å²) in [6, 6.07) is 7.81. The van der Waals surface area contributed by atoms with E-state index in [0.29, 0.717) is 28.5 Å². The first-order chi connectivity index (χ1) is 12.6. The summed E-state index contributed by atoms with van der Waals surface area (Å²) in [7, 11) is 1.77. The van der Waals surface area contributed by atoms with Crippen molar-refractivity contribution in [2.75, 3.05) is 5.73 Å². The lowest BCUT2D eigenvalue weighted by Gasteiger charge is -2.07. The number of nitrogens with two attached hydrogens (primary N) is 1. The van der Waals surface area contributed by atoms with Gasteiger partial charge in [-0.1, -0.05) is 0 Å². The van der Waals surface area contributed by atoms with Gasteiger partial charge >= 0.3 is 0 Å². The third-order valence-corrected chi connectivity index (χ3v) is 5.05. The SMILES string of the molecule is Cn1c(C=O)cnc1-c1cc2nccc(Oc3ccc(N)cc3F)c2s1. The maximum absolute atomic E-state index is 14.0. The number of fused-ring (bicyclic) bond motifs is 1. The van der Waals surface area contributed by atoms with Crippen molar-refractivity contribution in [2.24, 2.45) is 7.05 Å². The fourth-order valence-electron chi connectivity index (χ4n) is 2.58. The van der Waals surface area contributed by atoms with Crippen LogP contribution in [0.15, 0.2) is 42.7 Å². The second kappa shape index (κ2) is 6.23. The Kier molecular flexibility index (Phi) is 3.89. The fourth-order valence-corrected chi connectivity index (χ4v) is 3.68. The molecule has 0 spiro atoms. The molecule has 0 atom stereocenters. The van der Waals surface area contributed by atoms with Crippen LogP contribution in [0.3, 0.4) is 0 Å². The van der Waals surface area contributed by atoms with Crippen LogP contribution in [0.1, 0.15) is 10.5 Å². The number of aldehydes is 1. The largest absolute Gasteiger partial charge is 0.453 e. The Morgan fingerprint density at radius 3 is 2.81 bits per heavy atom. The minimum absolute atomic E-state index is 0.0851. The van der Waals surface area contributed by atoms with Crippen LogP contribution in [0.2, 0.25) is 0 Å². The lowest BCUT2D eigenvalue weighted by molar-refractivity contribution is 0.111. The number of rotatable bonds is 4.